The maximum atomic E-state index is 13.4. The van der Waals surface area contributed by atoms with Crippen molar-refractivity contribution < 1.29 is 12.8 Å². The molecule has 4 nitrogen and oxygen atoms in total. The Balaban J connectivity index is 1.61. The van der Waals surface area contributed by atoms with Crippen molar-refractivity contribution in [2.45, 2.75) is 11.8 Å². The third-order valence-corrected chi connectivity index (χ3v) is 5.94. The molecule has 0 spiro atoms. The lowest BCUT2D eigenvalue weighted by Gasteiger charge is -2.11. The Labute approximate surface area is 156 Å². The lowest BCUT2D eigenvalue weighted by molar-refractivity contribution is 0.594. The minimum absolute atomic E-state index is 0.0674. The smallest absolute Gasteiger partial charge is 0.262 e. The van der Waals surface area contributed by atoms with E-state index in [1.165, 1.54) is 12.1 Å². The molecule has 0 amide bonds. The van der Waals surface area contributed by atoms with Crippen molar-refractivity contribution in [3.05, 3.63) is 84.2 Å². The molecule has 4 aromatic rings. The normalized spacial score (nSPS) is 11.6. The Morgan fingerprint density at radius 1 is 0.926 bits per heavy atom. The summed E-state index contributed by atoms with van der Waals surface area (Å²) in [7, 11) is -3.86. The number of hydrogen-bond acceptors (Lipinski definition) is 2. The van der Waals surface area contributed by atoms with Gasteiger partial charge >= 0.3 is 0 Å². The highest BCUT2D eigenvalue weighted by Crippen LogP contribution is 2.26. The minimum atomic E-state index is -3.86. The molecule has 0 aliphatic heterocycles. The van der Waals surface area contributed by atoms with Crippen LogP contribution in [0.2, 0.25) is 0 Å². The fourth-order valence-electron chi connectivity index (χ4n) is 3.02. The highest BCUT2D eigenvalue weighted by molar-refractivity contribution is 7.92. The zero-order valence-corrected chi connectivity index (χ0v) is 15.3. The number of sulfonamides is 1. The topological polar surface area (TPSA) is 62.0 Å². The van der Waals surface area contributed by atoms with Crippen LogP contribution >= 0.6 is 0 Å². The van der Waals surface area contributed by atoms with E-state index in [0.29, 0.717) is 11.3 Å². The SMILES string of the molecule is Cc1ccc(F)cc1S(=O)(=O)Nc1ccc(-c2cc3ccccc3[nH]2)cc1. The van der Waals surface area contributed by atoms with Crippen LogP contribution in [0, 0.1) is 12.7 Å². The largest absolute Gasteiger partial charge is 0.355 e. The molecule has 0 saturated carbocycles. The van der Waals surface area contributed by atoms with Gasteiger partial charge in [0.25, 0.3) is 10.0 Å². The van der Waals surface area contributed by atoms with E-state index < -0.39 is 15.8 Å². The van der Waals surface area contributed by atoms with Crippen molar-refractivity contribution in [1.82, 2.24) is 4.98 Å². The van der Waals surface area contributed by atoms with Crippen LogP contribution in [-0.2, 0) is 10.0 Å². The van der Waals surface area contributed by atoms with Gasteiger partial charge in [0.1, 0.15) is 5.82 Å². The summed E-state index contributed by atoms with van der Waals surface area (Å²) in [6.07, 6.45) is 0. The van der Waals surface area contributed by atoms with E-state index >= 15 is 0 Å². The molecule has 0 aliphatic rings. The molecule has 3 aromatic carbocycles. The molecule has 0 saturated heterocycles. The summed E-state index contributed by atoms with van der Waals surface area (Å²) < 4.78 is 41.1. The number of para-hydroxylation sites is 1. The molecule has 0 unspecified atom stereocenters. The van der Waals surface area contributed by atoms with Gasteiger partial charge in [-0.15, -0.1) is 0 Å². The van der Waals surface area contributed by atoms with Gasteiger partial charge in [0.05, 0.1) is 4.90 Å². The first-order valence-electron chi connectivity index (χ1n) is 8.39. The lowest BCUT2D eigenvalue weighted by Crippen LogP contribution is -2.14. The second-order valence-electron chi connectivity index (χ2n) is 6.36. The van der Waals surface area contributed by atoms with Crippen molar-refractivity contribution in [3.63, 3.8) is 0 Å². The predicted octanol–water partition coefficient (Wildman–Crippen LogP) is 5.08. The van der Waals surface area contributed by atoms with E-state index in [-0.39, 0.29) is 4.90 Å². The monoisotopic (exact) mass is 380 g/mol. The van der Waals surface area contributed by atoms with E-state index in [9.17, 15) is 12.8 Å². The van der Waals surface area contributed by atoms with Crippen LogP contribution in [0.5, 0.6) is 0 Å². The summed E-state index contributed by atoms with van der Waals surface area (Å²) in [5.41, 5.74) is 3.83. The Kier molecular flexibility index (Phi) is 4.20. The average molecular weight is 380 g/mol. The van der Waals surface area contributed by atoms with Crippen LogP contribution in [0.1, 0.15) is 5.56 Å². The quantitative estimate of drug-likeness (QED) is 0.518. The number of halogens is 1. The van der Waals surface area contributed by atoms with E-state index in [1.807, 2.05) is 42.5 Å². The van der Waals surface area contributed by atoms with Gasteiger partial charge in [-0.2, -0.15) is 0 Å². The molecule has 0 aliphatic carbocycles. The number of aryl methyl sites for hydroxylation is 1. The van der Waals surface area contributed by atoms with Gasteiger partial charge in [0.2, 0.25) is 0 Å². The summed E-state index contributed by atoms with van der Waals surface area (Å²) in [5.74, 6) is -0.588. The van der Waals surface area contributed by atoms with Crippen molar-refractivity contribution in [1.29, 1.82) is 0 Å². The van der Waals surface area contributed by atoms with Crippen molar-refractivity contribution in [3.8, 4) is 11.3 Å². The number of anilines is 1. The summed E-state index contributed by atoms with van der Waals surface area (Å²) in [5, 5.41) is 1.11. The molecule has 0 atom stereocenters. The molecule has 1 aromatic heterocycles. The third-order valence-electron chi connectivity index (χ3n) is 4.42. The van der Waals surface area contributed by atoms with E-state index in [0.717, 1.165) is 28.2 Å². The van der Waals surface area contributed by atoms with Crippen LogP contribution in [0.15, 0.2) is 77.7 Å². The second kappa shape index (κ2) is 6.55. The summed E-state index contributed by atoms with van der Waals surface area (Å²) in [6, 6.07) is 20.8. The van der Waals surface area contributed by atoms with Crippen LogP contribution in [-0.4, -0.2) is 13.4 Å². The first-order valence-corrected chi connectivity index (χ1v) is 9.88. The Bertz CT molecular complexity index is 1200. The second-order valence-corrected chi connectivity index (χ2v) is 8.01. The number of nitrogens with one attached hydrogen (secondary N) is 2. The number of aromatic amines is 1. The number of hydrogen-bond donors (Lipinski definition) is 2. The first-order chi connectivity index (χ1) is 12.9. The zero-order chi connectivity index (χ0) is 19.0. The maximum Gasteiger partial charge on any atom is 0.262 e. The van der Waals surface area contributed by atoms with Gasteiger partial charge in [-0.3, -0.25) is 4.72 Å². The average Bonchev–Trinajstić information content (AvgIpc) is 3.08. The van der Waals surface area contributed by atoms with Gasteiger partial charge in [-0.1, -0.05) is 36.4 Å². The minimum Gasteiger partial charge on any atom is -0.355 e. The molecule has 136 valence electrons. The summed E-state index contributed by atoms with van der Waals surface area (Å²) in [4.78, 5) is 3.27. The van der Waals surface area contributed by atoms with Crippen molar-refractivity contribution in [2.75, 3.05) is 4.72 Å². The number of rotatable bonds is 4. The van der Waals surface area contributed by atoms with Gasteiger partial charge in [-0.25, -0.2) is 12.8 Å². The Morgan fingerprint density at radius 2 is 1.67 bits per heavy atom. The Morgan fingerprint density at radius 3 is 2.41 bits per heavy atom. The van der Waals surface area contributed by atoms with Crippen LogP contribution in [0.4, 0.5) is 10.1 Å². The molecule has 0 fully saturated rings. The molecule has 0 radical (unpaired) electrons. The Hall–Kier alpha value is -3.12. The standard InChI is InChI=1S/C21H17FN2O2S/c1-14-6-9-17(22)13-21(14)27(25,26)24-18-10-7-15(8-11-18)20-12-16-4-2-3-5-19(16)23-20/h2-13,23-24H,1H3. The van der Waals surface area contributed by atoms with Crippen molar-refractivity contribution in [2.24, 2.45) is 0 Å². The van der Waals surface area contributed by atoms with E-state index in [4.69, 9.17) is 0 Å². The van der Waals surface area contributed by atoms with Crippen molar-refractivity contribution >= 4 is 26.6 Å². The first kappa shape index (κ1) is 17.3. The molecule has 27 heavy (non-hydrogen) atoms. The number of H-pyrrole nitrogens is 1. The molecule has 1 heterocycles. The van der Waals surface area contributed by atoms with E-state index in [1.54, 1.807) is 19.1 Å². The van der Waals surface area contributed by atoms with Gasteiger partial charge in [0, 0.05) is 22.3 Å². The van der Waals surface area contributed by atoms with Crippen LogP contribution in [0.3, 0.4) is 0 Å². The zero-order valence-electron chi connectivity index (χ0n) is 14.5. The molecule has 2 N–H and O–H groups in total. The number of aromatic nitrogens is 1. The predicted molar refractivity (Wildman–Crippen MR) is 106 cm³/mol. The van der Waals surface area contributed by atoms with E-state index in [2.05, 4.69) is 9.71 Å². The fourth-order valence-corrected chi connectivity index (χ4v) is 4.34. The number of benzene rings is 3. The third kappa shape index (κ3) is 3.44. The van der Waals surface area contributed by atoms with Crippen LogP contribution in [0.25, 0.3) is 22.2 Å². The molecule has 6 heteroatoms. The van der Waals surface area contributed by atoms with Gasteiger partial charge < -0.3 is 4.98 Å². The summed E-state index contributed by atoms with van der Waals surface area (Å²) in [6.45, 7) is 1.63. The highest BCUT2D eigenvalue weighted by Gasteiger charge is 2.18. The molecular formula is C21H17FN2O2S. The van der Waals surface area contributed by atoms with Gasteiger partial charge in [-0.05, 0) is 54.4 Å². The van der Waals surface area contributed by atoms with Gasteiger partial charge in [0.15, 0.2) is 0 Å². The molecule has 4 rings (SSSR count). The maximum absolute atomic E-state index is 13.4. The molecule has 0 bridgehead atoms. The molecular weight excluding hydrogens is 363 g/mol. The highest BCUT2D eigenvalue weighted by atomic mass is 32.2. The number of fused-ring (bicyclic) bond motifs is 1. The fraction of sp³-hybridized carbons (Fsp3) is 0.0476. The van der Waals surface area contributed by atoms with Crippen LogP contribution < -0.4 is 4.72 Å². The lowest BCUT2D eigenvalue weighted by atomic mass is 10.1. The summed E-state index contributed by atoms with van der Waals surface area (Å²) >= 11 is 0.